The first-order valence-corrected chi connectivity index (χ1v) is 5.47. The van der Waals surface area contributed by atoms with E-state index in [1.807, 2.05) is 6.07 Å². The van der Waals surface area contributed by atoms with Crippen molar-refractivity contribution >= 4 is 21.7 Å². The van der Waals surface area contributed by atoms with Crippen LogP contribution in [0.25, 0.3) is 0 Å². The fourth-order valence-corrected chi connectivity index (χ4v) is 1.84. The first-order chi connectivity index (χ1) is 6.75. The highest BCUT2D eigenvalue weighted by Gasteiger charge is 2.15. The highest BCUT2D eigenvalue weighted by atomic mass is 79.9. The number of aromatic nitrogens is 2. The zero-order valence-corrected chi connectivity index (χ0v) is 9.74. The molecule has 1 saturated heterocycles. The number of anilines is 1. The van der Waals surface area contributed by atoms with E-state index in [4.69, 9.17) is 0 Å². The van der Waals surface area contributed by atoms with E-state index in [1.165, 1.54) is 0 Å². The first-order valence-electron chi connectivity index (χ1n) is 4.68. The highest BCUT2D eigenvalue weighted by molar-refractivity contribution is 9.10. The maximum absolute atomic E-state index is 4.33. The van der Waals surface area contributed by atoms with Crippen molar-refractivity contribution < 1.29 is 0 Å². The molecule has 0 bridgehead atoms. The second kappa shape index (κ2) is 4.23. The molecule has 1 aromatic heterocycles. The zero-order chi connectivity index (χ0) is 9.97. The van der Waals surface area contributed by atoms with Gasteiger partial charge in [-0.3, -0.25) is 0 Å². The molecule has 1 aliphatic rings. The van der Waals surface area contributed by atoms with Gasteiger partial charge < -0.3 is 9.80 Å². The predicted molar refractivity (Wildman–Crippen MR) is 59.4 cm³/mol. The summed E-state index contributed by atoms with van der Waals surface area (Å²) in [7, 11) is 2.15. The van der Waals surface area contributed by atoms with Crippen molar-refractivity contribution in [2.45, 2.75) is 0 Å². The quantitative estimate of drug-likeness (QED) is 0.702. The molecule has 0 radical (unpaired) electrons. The van der Waals surface area contributed by atoms with E-state index in [0.29, 0.717) is 4.73 Å². The van der Waals surface area contributed by atoms with Gasteiger partial charge in [0.2, 0.25) is 0 Å². The van der Waals surface area contributed by atoms with Crippen LogP contribution < -0.4 is 4.90 Å². The van der Waals surface area contributed by atoms with Gasteiger partial charge in [0.15, 0.2) is 4.73 Å². The molecule has 2 rings (SSSR count). The zero-order valence-electron chi connectivity index (χ0n) is 8.15. The largest absolute Gasteiger partial charge is 0.354 e. The van der Waals surface area contributed by atoms with Crippen molar-refractivity contribution in [1.82, 2.24) is 14.9 Å². The normalized spacial score (nSPS) is 18.6. The summed E-state index contributed by atoms with van der Waals surface area (Å²) in [4.78, 5) is 13.0. The van der Waals surface area contributed by atoms with Gasteiger partial charge in [0.25, 0.3) is 0 Å². The Morgan fingerprint density at radius 3 is 2.64 bits per heavy atom. The maximum Gasteiger partial charge on any atom is 0.198 e. The van der Waals surface area contributed by atoms with Gasteiger partial charge >= 0.3 is 0 Å². The van der Waals surface area contributed by atoms with Crippen LogP contribution >= 0.6 is 15.9 Å². The molecule has 1 aliphatic heterocycles. The Morgan fingerprint density at radius 1 is 1.29 bits per heavy atom. The molecule has 4 nitrogen and oxygen atoms in total. The molecule has 2 heterocycles. The molecule has 0 unspecified atom stereocenters. The van der Waals surface area contributed by atoms with Gasteiger partial charge in [0, 0.05) is 32.4 Å². The molecule has 0 amide bonds. The standard InChI is InChI=1S/C9H13BrN4/c1-13-4-6-14(7-5-13)8-2-3-11-9(10)12-8/h2-3H,4-7H2,1H3. The Labute approximate surface area is 92.1 Å². The summed E-state index contributed by atoms with van der Waals surface area (Å²) in [6, 6.07) is 1.95. The van der Waals surface area contributed by atoms with Gasteiger partial charge in [-0.05, 0) is 29.0 Å². The fraction of sp³-hybridized carbons (Fsp3) is 0.556. The maximum atomic E-state index is 4.33. The van der Waals surface area contributed by atoms with Gasteiger partial charge in [0.05, 0.1) is 0 Å². The molecule has 0 saturated carbocycles. The number of nitrogens with zero attached hydrogens (tertiary/aromatic N) is 4. The van der Waals surface area contributed by atoms with E-state index < -0.39 is 0 Å². The summed E-state index contributed by atoms with van der Waals surface area (Å²) in [5.74, 6) is 1.01. The molecule has 0 atom stereocenters. The van der Waals surface area contributed by atoms with E-state index in [1.54, 1.807) is 6.20 Å². The van der Waals surface area contributed by atoms with E-state index >= 15 is 0 Å². The second-order valence-electron chi connectivity index (χ2n) is 3.47. The summed E-state index contributed by atoms with van der Waals surface area (Å²) in [6.45, 7) is 4.28. The summed E-state index contributed by atoms with van der Waals surface area (Å²) in [5, 5.41) is 0. The van der Waals surface area contributed by atoms with Gasteiger partial charge in [-0.15, -0.1) is 0 Å². The van der Waals surface area contributed by atoms with Gasteiger partial charge in [-0.1, -0.05) is 0 Å². The van der Waals surface area contributed by atoms with Gasteiger partial charge in [-0.25, -0.2) is 9.97 Å². The van der Waals surface area contributed by atoms with Crippen LogP contribution in [0.15, 0.2) is 17.0 Å². The molecule has 0 N–H and O–H groups in total. The SMILES string of the molecule is CN1CCN(c2ccnc(Br)n2)CC1. The molecular formula is C9H13BrN4. The smallest absolute Gasteiger partial charge is 0.198 e. The lowest BCUT2D eigenvalue weighted by molar-refractivity contribution is 0.312. The summed E-state index contributed by atoms with van der Waals surface area (Å²) in [6.07, 6.45) is 1.78. The number of hydrogen-bond donors (Lipinski definition) is 0. The Bertz CT molecular complexity index is 309. The predicted octanol–water partition coefficient (Wildman–Crippen LogP) is 0.991. The summed E-state index contributed by atoms with van der Waals surface area (Å²) in [5.41, 5.74) is 0. The number of rotatable bonds is 1. The van der Waals surface area contributed by atoms with Gasteiger partial charge in [-0.2, -0.15) is 0 Å². The molecule has 0 aromatic carbocycles. The summed E-state index contributed by atoms with van der Waals surface area (Å²) < 4.78 is 0.661. The minimum atomic E-state index is 0.661. The van der Waals surface area contributed by atoms with Crippen molar-refractivity contribution in [1.29, 1.82) is 0 Å². The van der Waals surface area contributed by atoms with Gasteiger partial charge in [0.1, 0.15) is 5.82 Å². The second-order valence-corrected chi connectivity index (χ2v) is 4.18. The van der Waals surface area contributed by atoms with Crippen LogP contribution in [0.4, 0.5) is 5.82 Å². The topological polar surface area (TPSA) is 32.3 Å². The minimum absolute atomic E-state index is 0.661. The lowest BCUT2D eigenvalue weighted by atomic mass is 10.3. The number of hydrogen-bond acceptors (Lipinski definition) is 4. The molecule has 1 fully saturated rings. The molecule has 0 aliphatic carbocycles. The molecule has 0 spiro atoms. The third-order valence-electron chi connectivity index (χ3n) is 2.44. The van der Waals surface area contributed by atoms with Crippen LogP contribution in [0.5, 0.6) is 0 Å². The molecule has 76 valence electrons. The minimum Gasteiger partial charge on any atom is -0.354 e. The van der Waals surface area contributed by atoms with Crippen molar-refractivity contribution in [3.8, 4) is 0 Å². The number of halogens is 1. The Balaban J connectivity index is 2.08. The first kappa shape index (κ1) is 9.86. The van der Waals surface area contributed by atoms with Crippen LogP contribution in [0.3, 0.4) is 0 Å². The third-order valence-corrected chi connectivity index (χ3v) is 2.82. The Hall–Kier alpha value is -0.680. The van der Waals surface area contributed by atoms with Crippen molar-refractivity contribution in [2.75, 3.05) is 38.1 Å². The Kier molecular flexibility index (Phi) is 2.98. The average molecular weight is 257 g/mol. The monoisotopic (exact) mass is 256 g/mol. The van der Waals surface area contributed by atoms with E-state index in [0.717, 1.165) is 32.0 Å². The molecular weight excluding hydrogens is 244 g/mol. The molecule has 14 heavy (non-hydrogen) atoms. The van der Waals surface area contributed by atoms with Crippen LogP contribution in [-0.4, -0.2) is 48.1 Å². The lowest BCUT2D eigenvalue weighted by Gasteiger charge is -2.33. The Morgan fingerprint density at radius 2 is 2.00 bits per heavy atom. The van der Waals surface area contributed by atoms with Crippen LogP contribution in [0.1, 0.15) is 0 Å². The van der Waals surface area contributed by atoms with E-state index in [9.17, 15) is 0 Å². The van der Waals surface area contributed by atoms with Crippen LogP contribution in [-0.2, 0) is 0 Å². The van der Waals surface area contributed by atoms with E-state index in [-0.39, 0.29) is 0 Å². The van der Waals surface area contributed by atoms with Crippen molar-refractivity contribution in [3.63, 3.8) is 0 Å². The summed E-state index contributed by atoms with van der Waals surface area (Å²) >= 11 is 3.28. The van der Waals surface area contributed by atoms with Crippen LogP contribution in [0.2, 0.25) is 0 Å². The molecule has 5 heteroatoms. The highest BCUT2D eigenvalue weighted by Crippen LogP contribution is 2.14. The third kappa shape index (κ3) is 2.22. The fourth-order valence-electron chi connectivity index (χ4n) is 1.54. The average Bonchev–Trinajstić information content (AvgIpc) is 2.19. The molecule has 1 aromatic rings. The van der Waals surface area contributed by atoms with Crippen molar-refractivity contribution in [2.24, 2.45) is 0 Å². The van der Waals surface area contributed by atoms with E-state index in [2.05, 4.69) is 42.7 Å². The van der Waals surface area contributed by atoms with Crippen molar-refractivity contribution in [3.05, 3.63) is 17.0 Å². The lowest BCUT2D eigenvalue weighted by Crippen LogP contribution is -2.44. The number of piperazine rings is 1. The number of likely N-dealkylation sites (N-methyl/N-ethyl adjacent to an activating group) is 1. The van der Waals surface area contributed by atoms with Crippen LogP contribution in [0, 0.1) is 0 Å².